The van der Waals surface area contributed by atoms with Gasteiger partial charge in [-0.25, -0.2) is 0 Å². The van der Waals surface area contributed by atoms with E-state index in [-0.39, 0.29) is 0 Å². The van der Waals surface area contributed by atoms with E-state index >= 15 is 0 Å². The number of rotatable bonds is 7. The highest BCUT2D eigenvalue weighted by molar-refractivity contribution is 5.52. The van der Waals surface area contributed by atoms with Crippen molar-refractivity contribution >= 4 is 5.69 Å². The summed E-state index contributed by atoms with van der Waals surface area (Å²) in [4.78, 5) is 0. The molecule has 2 aromatic rings. The fourth-order valence-corrected chi connectivity index (χ4v) is 3.32. The normalized spacial score (nSPS) is 18.7. The Hall–Kier alpha value is -1.80. The van der Waals surface area contributed by atoms with Crippen molar-refractivity contribution < 1.29 is 0 Å². The maximum absolute atomic E-state index is 3.82. The van der Waals surface area contributed by atoms with E-state index in [2.05, 4.69) is 59.2 Å². The van der Waals surface area contributed by atoms with Crippen LogP contribution in [0.1, 0.15) is 54.3 Å². The monoisotopic (exact) mass is 306 g/mol. The Bertz CT molecular complexity index is 657. The molecule has 0 aromatic heterocycles. The van der Waals surface area contributed by atoms with Crippen LogP contribution in [-0.4, -0.2) is 13.6 Å². The first-order valence-electron chi connectivity index (χ1n) is 8.94. The van der Waals surface area contributed by atoms with Gasteiger partial charge in [0, 0.05) is 12.7 Å². The summed E-state index contributed by atoms with van der Waals surface area (Å²) in [5.74, 6) is 1.67. The van der Waals surface area contributed by atoms with Gasteiger partial charge in [-0.1, -0.05) is 36.4 Å². The summed E-state index contributed by atoms with van der Waals surface area (Å²) in [5.41, 5.74) is 5.49. The van der Waals surface area contributed by atoms with Crippen LogP contribution < -0.4 is 10.6 Å². The molecular formula is C21H26N2. The van der Waals surface area contributed by atoms with E-state index in [9.17, 15) is 0 Å². The van der Waals surface area contributed by atoms with Crippen LogP contribution in [0.4, 0.5) is 5.69 Å². The van der Waals surface area contributed by atoms with Gasteiger partial charge < -0.3 is 10.6 Å². The van der Waals surface area contributed by atoms with Gasteiger partial charge in [0.15, 0.2) is 0 Å². The highest BCUT2D eigenvalue weighted by atomic mass is 14.9. The number of anilines is 1. The number of benzene rings is 2. The van der Waals surface area contributed by atoms with Crippen molar-refractivity contribution in [1.82, 2.24) is 5.32 Å². The summed E-state index contributed by atoms with van der Waals surface area (Å²) < 4.78 is 0. The van der Waals surface area contributed by atoms with Gasteiger partial charge in [0.25, 0.3) is 0 Å². The summed E-state index contributed by atoms with van der Waals surface area (Å²) in [6.45, 7) is 1.13. The molecule has 0 saturated heterocycles. The third kappa shape index (κ3) is 3.59. The van der Waals surface area contributed by atoms with Crippen molar-refractivity contribution in [2.75, 3.05) is 18.9 Å². The predicted octanol–water partition coefficient (Wildman–Crippen LogP) is 4.69. The topological polar surface area (TPSA) is 24.1 Å². The molecule has 2 aromatic carbocycles. The van der Waals surface area contributed by atoms with Crippen LogP contribution in [-0.2, 0) is 0 Å². The molecule has 2 N–H and O–H groups in total. The largest absolute Gasteiger partial charge is 0.388 e. The Balaban J connectivity index is 1.67. The summed E-state index contributed by atoms with van der Waals surface area (Å²) in [5, 5.41) is 7.17. The van der Waals surface area contributed by atoms with Crippen molar-refractivity contribution in [3.8, 4) is 0 Å². The van der Waals surface area contributed by atoms with E-state index < -0.39 is 0 Å². The highest BCUT2D eigenvalue weighted by Crippen LogP contribution is 2.42. The van der Waals surface area contributed by atoms with Gasteiger partial charge in [-0.15, -0.1) is 0 Å². The molecule has 1 unspecified atom stereocenters. The summed E-state index contributed by atoms with van der Waals surface area (Å²) in [6, 6.07) is 18.2. The first kappa shape index (κ1) is 14.8. The summed E-state index contributed by atoms with van der Waals surface area (Å²) in [6.07, 6.45) is 5.47. The zero-order valence-corrected chi connectivity index (χ0v) is 13.9. The summed E-state index contributed by atoms with van der Waals surface area (Å²) >= 11 is 0. The molecular weight excluding hydrogens is 280 g/mol. The first-order valence-corrected chi connectivity index (χ1v) is 8.94. The van der Waals surface area contributed by atoms with Crippen LogP contribution in [0, 0.1) is 5.92 Å². The third-order valence-corrected chi connectivity index (χ3v) is 5.09. The van der Waals surface area contributed by atoms with Gasteiger partial charge in [-0.05, 0) is 72.9 Å². The van der Waals surface area contributed by atoms with Gasteiger partial charge in [-0.3, -0.25) is 0 Å². The van der Waals surface area contributed by atoms with Crippen molar-refractivity contribution in [3.05, 3.63) is 65.2 Å². The Morgan fingerprint density at radius 2 is 1.74 bits per heavy atom. The second-order valence-electron chi connectivity index (χ2n) is 7.11. The average molecular weight is 306 g/mol. The Kier molecular flexibility index (Phi) is 4.09. The van der Waals surface area contributed by atoms with Crippen LogP contribution in [0.15, 0.2) is 48.5 Å². The van der Waals surface area contributed by atoms with Gasteiger partial charge in [0.05, 0.1) is 6.04 Å². The summed E-state index contributed by atoms with van der Waals surface area (Å²) in [7, 11) is 2.02. The number of hydrogen-bond donors (Lipinski definition) is 2. The minimum absolute atomic E-state index is 0.294. The predicted molar refractivity (Wildman–Crippen MR) is 97.0 cm³/mol. The zero-order valence-electron chi connectivity index (χ0n) is 13.9. The fourth-order valence-electron chi connectivity index (χ4n) is 3.32. The lowest BCUT2D eigenvalue weighted by Gasteiger charge is -2.22. The second-order valence-corrected chi connectivity index (χ2v) is 7.11. The lowest BCUT2D eigenvalue weighted by molar-refractivity contribution is 0.573. The molecule has 2 nitrogen and oxygen atoms in total. The minimum atomic E-state index is 0.294. The SMILES string of the molecule is CNc1cc(C2CC2)cc(C(NCC2CC2)c2ccccc2)c1. The van der Waals surface area contributed by atoms with Gasteiger partial charge in [0.1, 0.15) is 0 Å². The highest BCUT2D eigenvalue weighted by Gasteiger charge is 2.27. The van der Waals surface area contributed by atoms with Gasteiger partial charge in [-0.2, -0.15) is 0 Å². The molecule has 120 valence electrons. The average Bonchev–Trinajstić information content (AvgIpc) is 3.49. The van der Waals surface area contributed by atoms with Crippen molar-refractivity contribution in [2.45, 2.75) is 37.6 Å². The zero-order chi connectivity index (χ0) is 15.6. The molecule has 2 heteroatoms. The van der Waals surface area contributed by atoms with E-state index in [4.69, 9.17) is 0 Å². The van der Waals surface area contributed by atoms with Crippen LogP contribution in [0.5, 0.6) is 0 Å². The number of hydrogen-bond acceptors (Lipinski definition) is 2. The Morgan fingerprint density at radius 3 is 2.39 bits per heavy atom. The van der Waals surface area contributed by atoms with E-state index in [1.807, 2.05) is 7.05 Å². The van der Waals surface area contributed by atoms with Crippen molar-refractivity contribution in [1.29, 1.82) is 0 Å². The molecule has 0 amide bonds. The molecule has 0 aliphatic heterocycles. The Labute approximate surface area is 139 Å². The lowest BCUT2D eigenvalue weighted by Crippen LogP contribution is -2.24. The number of nitrogens with one attached hydrogen (secondary N) is 2. The molecule has 0 heterocycles. The van der Waals surface area contributed by atoms with E-state index in [1.54, 1.807) is 0 Å². The maximum Gasteiger partial charge on any atom is 0.0577 e. The molecule has 2 saturated carbocycles. The van der Waals surface area contributed by atoms with Crippen LogP contribution >= 0.6 is 0 Å². The maximum atomic E-state index is 3.82. The molecule has 1 atom stereocenters. The standard InChI is InChI=1S/C21H26N2/c1-22-20-12-18(16-9-10-16)11-19(13-20)21(23-14-15-7-8-15)17-5-3-2-4-6-17/h2-6,11-13,15-16,21-23H,7-10,14H2,1H3. The van der Waals surface area contributed by atoms with Crippen molar-refractivity contribution in [3.63, 3.8) is 0 Å². The van der Waals surface area contributed by atoms with Crippen molar-refractivity contribution in [2.24, 2.45) is 5.92 Å². The second kappa shape index (κ2) is 6.37. The smallest absolute Gasteiger partial charge is 0.0577 e. The van der Waals surface area contributed by atoms with E-state index in [0.29, 0.717) is 6.04 Å². The van der Waals surface area contributed by atoms with E-state index in [0.717, 1.165) is 18.4 Å². The Morgan fingerprint density at radius 1 is 0.957 bits per heavy atom. The van der Waals surface area contributed by atoms with Crippen LogP contribution in [0.25, 0.3) is 0 Å². The van der Waals surface area contributed by atoms with Crippen LogP contribution in [0.2, 0.25) is 0 Å². The van der Waals surface area contributed by atoms with Gasteiger partial charge in [0.2, 0.25) is 0 Å². The third-order valence-electron chi connectivity index (χ3n) is 5.09. The first-order chi connectivity index (χ1) is 11.3. The molecule has 0 radical (unpaired) electrons. The minimum Gasteiger partial charge on any atom is -0.388 e. The molecule has 0 bridgehead atoms. The molecule has 0 spiro atoms. The fraction of sp³-hybridized carbons (Fsp3) is 0.429. The molecule has 4 rings (SSSR count). The molecule has 23 heavy (non-hydrogen) atoms. The molecule has 2 fully saturated rings. The van der Waals surface area contributed by atoms with Gasteiger partial charge >= 0.3 is 0 Å². The van der Waals surface area contributed by atoms with Crippen LogP contribution in [0.3, 0.4) is 0 Å². The lowest BCUT2D eigenvalue weighted by atomic mass is 9.95. The van der Waals surface area contributed by atoms with E-state index in [1.165, 1.54) is 48.1 Å². The molecule has 2 aliphatic rings. The molecule has 2 aliphatic carbocycles. The quantitative estimate of drug-likeness (QED) is 0.775.